The second kappa shape index (κ2) is 4.86. The molecule has 0 unspecified atom stereocenters. The van der Waals surface area contributed by atoms with Crippen LogP contribution in [0.2, 0.25) is 0 Å². The third-order valence-corrected chi connectivity index (χ3v) is 2.12. The monoisotopic (exact) mass is 236 g/mol. The van der Waals surface area contributed by atoms with Crippen LogP contribution < -0.4 is 10.9 Å². The minimum atomic E-state index is -0.591. The molecular weight excluding hydrogens is 220 g/mol. The van der Waals surface area contributed by atoms with Crippen LogP contribution in [0.3, 0.4) is 0 Å². The Hall–Kier alpha value is -2.04. The highest BCUT2D eigenvalue weighted by Gasteiger charge is 2.21. The number of aromatic hydroxyl groups is 1. The predicted molar refractivity (Wildman–Crippen MR) is 63.2 cm³/mol. The van der Waals surface area contributed by atoms with E-state index in [0.29, 0.717) is 0 Å². The maximum atomic E-state index is 11.6. The summed E-state index contributed by atoms with van der Waals surface area (Å²) >= 11 is 0. The van der Waals surface area contributed by atoms with E-state index in [-0.39, 0.29) is 17.2 Å². The minimum absolute atomic E-state index is 0.113. The minimum Gasteiger partial charge on any atom is -0.507 e. The van der Waals surface area contributed by atoms with Crippen LogP contribution in [-0.2, 0) is 4.79 Å². The van der Waals surface area contributed by atoms with E-state index < -0.39 is 11.3 Å². The number of rotatable bonds is 1. The number of para-hydroxylation sites is 1. The molecule has 1 aromatic carbocycles. The highest BCUT2D eigenvalue weighted by Crippen LogP contribution is 2.15. The van der Waals surface area contributed by atoms with Gasteiger partial charge in [0.05, 0.1) is 5.56 Å². The van der Waals surface area contributed by atoms with E-state index in [2.05, 4.69) is 10.9 Å². The highest BCUT2D eigenvalue weighted by atomic mass is 16.3. The van der Waals surface area contributed by atoms with Gasteiger partial charge in [-0.15, -0.1) is 0 Å². The van der Waals surface area contributed by atoms with Crippen LogP contribution in [0.4, 0.5) is 0 Å². The average Bonchev–Trinajstić information content (AvgIpc) is 2.24. The van der Waals surface area contributed by atoms with E-state index in [4.69, 9.17) is 0 Å². The van der Waals surface area contributed by atoms with Gasteiger partial charge >= 0.3 is 0 Å². The summed E-state index contributed by atoms with van der Waals surface area (Å²) in [5, 5.41) is 9.43. The number of phenols is 1. The smallest absolute Gasteiger partial charge is 0.273 e. The van der Waals surface area contributed by atoms with Crippen molar-refractivity contribution in [1.82, 2.24) is 10.9 Å². The summed E-state index contributed by atoms with van der Waals surface area (Å²) in [5.41, 5.74) is 4.07. The average molecular weight is 236 g/mol. The lowest BCUT2D eigenvalue weighted by molar-refractivity contribution is -0.129. The molecule has 17 heavy (non-hydrogen) atoms. The van der Waals surface area contributed by atoms with Crippen LogP contribution in [0.15, 0.2) is 24.3 Å². The van der Waals surface area contributed by atoms with Crippen molar-refractivity contribution in [2.45, 2.75) is 20.8 Å². The molecule has 0 heterocycles. The first-order valence-corrected chi connectivity index (χ1v) is 5.21. The van der Waals surface area contributed by atoms with Crippen LogP contribution in [-0.4, -0.2) is 16.9 Å². The molecule has 0 radical (unpaired) electrons. The molecule has 3 N–H and O–H groups in total. The molecule has 0 atom stereocenters. The number of amides is 2. The first-order chi connectivity index (χ1) is 7.82. The van der Waals surface area contributed by atoms with Gasteiger partial charge in [0.1, 0.15) is 5.75 Å². The number of hydrazine groups is 1. The Labute approximate surface area is 99.8 Å². The Morgan fingerprint density at radius 2 is 1.71 bits per heavy atom. The van der Waals surface area contributed by atoms with Crippen LogP contribution in [0.25, 0.3) is 0 Å². The topological polar surface area (TPSA) is 78.4 Å². The molecule has 5 heteroatoms. The molecule has 0 saturated heterocycles. The Balaban J connectivity index is 2.63. The zero-order valence-electron chi connectivity index (χ0n) is 10.1. The molecule has 0 aliphatic carbocycles. The summed E-state index contributed by atoms with van der Waals surface area (Å²) < 4.78 is 0. The van der Waals surface area contributed by atoms with Gasteiger partial charge in [0, 0.05) is 5.41 Å². The van der Waals surface area contributed by atoms with Crippen LogP contribution >= 0.6 is 0 Å². The van der Waals surface area contributed by atoms with Gasteiger partial charge in [-0.1, -0.05) is 32.9 Å². The SMILES string of the molecule is CC(C)(C)C(=O)NNC(=O)c1ccccc1O. The molecule has 0 saturated carbocycles. The summed E-state index contributed by atoms with van der Waals surface area (Å²) in [6.07, 6.45) is 0. The number of benzene rings is 1. The number of carbonyl (C=O) groups excluding carboxylic acids is 2. The summed E-state index contributed by atoms with van der Waals surface area (Å²) in [6, 6.07) is 6.11. The van der Waals surface area contributed by atoms with E-state index in [1.807, 2.05) is 0 Å². The molecule has 0 fully saturated rings. The summed E-state index contributed by atoms with van der Waals surface area (Å²) in [4.78, 5) is 23.1. The lowest BCUT2D eigenvalue weighted by Crippen LogP contribution is -2.46. The first-order valence-electron chi connectivity index (χ1n) is 5.21. The van der Waals surface area contributed by atoms with Gasteiger partial charge in [0.15, 0.2) is 0 Å². The fourth-order valence-electron chi connectivity index (χ4n) is 1.03. The maximum absolute atomic E-state index is 11.6. The van der Waals surface area contributed by atoms with Crippen LogP contribution in [0.1, 0.15) is 31.1 Å². The zero-order chi connectivity index (χ0) is 13.1. The van der Waals surface area contributed by atoms with E-state index in [1.54, 1.807) is 32.9 Å². The van der Waals surface area contributed by atoms with Crippen molar-refractivity contribution in [3.8, 4) is 5.75 Å². The van der Waals surface area contributed by atoms with Crippen molar-refractivity contribution in [1.29, 1.82) is 0 Å². The first kappa shape index (κ1) is 13.0. The van der Waals surface area contributed by atoms with Crippen molar-refractivity contribution in [2.24, 2.45) is 5.41 Å². The standard InChI is InChI=1S/C12H16N2O3/c1-12(2,3)11(17)14-13-10(16)8-6-4-5-7-9(8)15/h4-7,15H,1-3H3,(H,13,16)(H,14,17). The Kier molecular flexibility index (Phi) is 3.73. The highest BCUT2D eigenvalue weighted by molar-refractivity contribution is 5.98. The van der Waals surface area contributed by atoms with Crippen molar-refractivity contribution >= 4 is 11.8 Å². The number of phenolic OH excluding ortho intramolecular Hbond substituents is 1. The van der Waals surface area contributed by atoms with Gasteiger partial charge in [0.25, 0.3) is 5.91 Å². The molecular formula is C12H16N2O3. The fraction of sp³-hybridized carbons (Fsp3) is 0.333. The molecule has 0 spiro atoms. The van der Waals surface area contributed by atoms with Crippen molar-refractivity contribution in [2.75, 3.05) is 0 Å². The maximum Gasteiger partial charge on any atom is 0.273 e. The van der Waals surface area contributed by atoms with E-state index >= 15 is 0 Å². The third kappa shape index (κ3) is 3.48. The fourth-order valence-corrected chi connectivity index (χ4v) is 1.03. The van der Waals surface area contributed by atoms with Gasteiger partial charge in [-0.3, -0.25) is 20.4 Å². The zero-order valence-corrected chi connectivity index (χ0v) is 10.1. The summed E-state index contributed by atoms with van der Waals surface area (Å²) in [7, 11) is 0. The van der Waals surface area contributed by atoms with E-state index in [1.165, 1.54) is 12.1 Å². The number of carbonyl (C=O) groups is 2. The molecule has 92 valence electrons. The molecule has 1 aromatic rings. The third-order valence-electron chi connectivity index (χ3n) is 2.12. The Morgan fingerprint density at radius 3 is 2.24 bits per heavy atom. The van der Waals surface area contributed by atoms with Gasteiger partial charge < -0.3 is 5.11 Å². The summed E-state index contributed by atoms with van der Waals surface area (Å²) in [5.74, 6) is -0.989. The quantitative estimate of drug-likeness (QED) is 0.641. The van der Waals surface area contributed by atoms with Gasteiger partial charge in [-0.05, 0) is 12.1 Å². The van der Waals surface area contributed by atoms with E-state index in [0.717, 1.165) is 0 Å². The second-order valence-corrected chi connectivity index (χ2v) is 4.68. The molecule has 0 aliphatic rings. The number of hydrogen-bond donors (Lipinski definition) is 3. The Bertz CT molecular complexity index is 436. The van der Waals surface area contributed by atoms with Gasteiger partial charge in [0.2, 0.25) is 5.91 Å². The predicted octanol–water partition coefficient (Wildman–Crippen LogP) is 1.20. The number of hydrogen-bond acceptors (Lipinski definition) is 3. The van der Waals surface area contributed by atoms with Crippen molar-refractivity contribution in [3.63, 3.8) is 0 Å². The molecule has 0 bridgehead atoms. The lowest BCUT2D eigenvalue weighted by atomic mass is 9.96. The van der Waals surface area contributed by atoms with Crippen molar-refractivity contribution in [3.05, 3.63) is 29.8 Å². The lowest BCUT2D eigenvalue weighted by Gasteiger charge is -2.18. The second-order valence-electron chi connectivity index (χ2n) is 4.68. The molecule has 0 aromatic heterocycles. The van der Waals surface area contributed by atoms with Crippen molar-refractivity contribution < 1.29 is 14.7 Å². The molecule has 1 rings (SSSR count). The van der Waals surface area contributed by atoms with Gasteiger partial charge in [-0.2, -0.15) is 0 Å². The molecule has 5 nitrogen and oxygen atoms in total. The number of nitrogens with one attached hydrogen (secondary N) is 2. The van der Waals surface area contributed by atoms with Crippen LogP contribution in [0, 0.1) is 5.41 Å². The Morgan fingerprint density at radius 1 is 1.12 bits per heavy atom. The normalized spacial score (nSPS) is 10.8. The van der Waals surface area contributed by atoms with E-state index in [9.17, 15) is 14.7 Å². The molecule has 2 amide bonds. The van der Waals surface area contributed by atoms with Crippen LogP contribution in [0.5, 0.6) is 5.75 Å². The molecule has 0 aliphatic heterocycles. The van der Waals surface area contributed by atoms with Gasteiger partial charge in [-0.25, -0.2) is 0 Å². The largest absolute Gasteiger partial charge is 0.507 e. The summed E-state index contributed by atoms with van der Waals surface area (Å²) in [6.45, 7) is 5.19.